The highest BCUT2D eigenvalue weighted by atomic mass is 16.3. The molecule has 0 aliphatic heterocycles. The van der Waals surface area contributed by atoms with Crippen LogP contribution in [0.3, 0.4) is 0 Å². The van der Waals surface area contributed by atoms with Crippen LogP contribution in [0.1, 0.15) is 31.7 Å². The van der Waals surface area contributed by atoms with E-state index >= 15 is 0 Å². The van der Waals surface area contributed by atoms with Crippen LogP contribution in [-0.4, -0.2) is 20.8 Å². The first kappa shape index (κ1) is 14.2. The van der Waals surface area contributed by atoms with Gasteiger partial charge in [-0.1, -0.05) is 0 Å². The van der Waals surface area contributed by atoms with E-state index in [9.17, 15) is 9.59 Å². The number of rotatable bonds is 6. The predicted molar refractivity (Wildman–Crippen MR) is 66.3 cm³/mol. The highest BCUT2D eigenvalue weighted by Crippen LogP contribution is 1.96. The summed E-state index contributed by atoms with van der Waals surface area (Å²) < 4.78 is 2.45. The topological polar surface area (TPSA) is 88.0 Å². The van der Waals surface area contributed by atoms with E-state index in [2.05, 4.69) is 0 Å². The van der Waals surface area contributed by atoms with Gasteiger partial charge in [-0.25, -0.2) is 4.79 Å². The maximum absolute atomic E-state index is 11.9. The van der Waals surface area contributed by atoms with Crippen molar-refractivity contribution in [3.05, 3.63) is 32.6 Å². The minimum absolute atomic E-state index is 0.0152. The van der Waals surface area contributed by atoms with E-state index in [4.69, 9.17) is 10.4 Å². The number of aryl methyl sites for hydroxylation is 1. The molecule has 98 valence electrons. The molecule has 0 aliphatic carbocycles. The van der Waals surface area contributed by atoms with Crippen LogP contribution in [0.15, 0.2) is 15.8 Å². The van der Waals surface area contributed by atoms with Crippen LogP contribution in [0.2, 0.25) is 0 Å². The highest BCUT2D eigenvalue weighted by Gasteiger charge is 2.09. The maximum atomic E-state index is 11.9. The molecule has 1 aromatic rings. The van der Waals surface area contributed by atoms with Crippen LogP contribution >= 0.6 is 0 Å². The van der Waals surface area contributed by atoms with Crippen molar-refractivity contribution >= 4 is 0 Å². The van der Waals surface area contributed by atoms with Crippen molar-refractivity contribution < 1.29 is 5.11 Å². The molecule has 0 saturated heterocycles. The summed E-state index contributed by atoms with van der Waals surface area (Å²) in [6.07, 6.45) is 3.32. The van der Waals surface area contributed by atoms with Crippen molar-refractivity contribution in [1.82, 2.24) is 9.13 Å². The standard InChI is InChI=1S/C12H17N3O3/c1-2-14-9-10(8-13)11(17)15(12(14)18)6-4-3-5-7-16/h9,16H,2-7H2,1H3. The summed E-state index contributed by atoms with van der Waals surface area (Å²) in [5, 5.41) is 17.5. The van der Waals surface area contributed by atoms with E-state index in [1.807, 2.05) is 0 Å². The molecule has 0 unspecified atom stereocenters. The fourth-order valence-electron chi connectivity index (χ4n) is 1.71. The number of hydrogen-bond acceptors (Lipinski definition) is 4. The summed E-state index contributed by atoms with van der Waals surface area (Å²) in [6.45, 7) is 2.59. The molecule has 1 N–H and O–H groups in total. The van der Waals surface area contributed by atoms with E-state index < -0.39 is 5.56 Å². The van der Waals surface area contributed by atoms with Gasteiger partial charge in [-0.15, -0.1) is 0 Å². The summed E-state index contributed by atoms with van der Waals surface area (Å²) in [7, 11) is 0. The first-order chi connectivity index (χ1) is 8.65. The molecule has 0 atom stereocenters. The lowest BCUT2D eigenvalue weighted by atomic mass is 10.2. The normalized spacial score (nSPS) is 10.3. The van der Waals surface area contributed by atoms with Crippen molar-refractivity contribution in [3.8, 4) is 6.07 Å². The molecule has 0 spiro atoms. The third-order valence-corrected chi connectivity index (χ3v) is 2.74. The molecule has 6 nitrogen and oxygen atoms in total. The van der Waals surface area contributed by atoms with Gasteiger partial charge < -0.3 is 5.11 Å². The number of aromatic nitrogens is 2. The third-order valence-electron chi connectivity index (χ3n) is 2.74. The van der Waals surface area contributed by atoms with Crippen LogP contribution < -0.4 is 11.2 Å². The zero-order chi connectivity index (χ0) is 13.5. The molecule has 1 heterocycles. The van der Waals surface area contributed by atoms with Crippen LogP contribution in [0, 0.1) is 11.3 Å². The van der Waals surface area contributed by atoms with Gasteiger partial charge in [0.05, 0.1) is 0 Å². The van der Waals surface area contributed by atoms with E-state index in [0.29, 0.717) is 19.4 Å². The Hall–Kier alpha value is -1.87. The Morgan fingerprint density at radius 1 is 1.33 bits per heavy atom. The Kier molecular flexibility index (Phi) is 5.33. The quantitative estimate of drug-likeness (QED) is 0.724. The molecule has 1 aromatic heterocycles. The van der Waals surface area contributed by atoms with Crippen LogP contribution in [-0.2, 0) is 13.1 Å². The van der Waals surface area contributed by atoms with E-state index in [0.717, 1.165) is 11.0 Å². The number of hydrogen-bond donors (Lipinski definition) is 1. The smallest absolute Gasteiger partial charge is 0.331 e. The molecular weight excluding hydrogens is 234 g/mol. The lowest BCUT2D eigenvalue weighted by Crippen LogP contribution is -2.40. The van der Waals surface area contributed by atoms with Crippen molar-refractivity contribution in [2.45, 2.75) is 39.3 Å². The molecule has 0 fully saturated rings. The Balaban J connectivity index is 3.06. The monoisotopic (exact) mass is 251 g/mol. The Morgan fingerprint density at radius 2 is 2.06 bits per heavy atom. The van der Waals surface area contributed by atoms with E-state index in [1.54, 1.807) is 13.0 Å². The minimum atomic E-state index is -0.531. The van der Waals surface area contributed by atoms with Gasteiger partial charge in [-0.2, -0.15) is 5.26 Å². The predicted octanol–water partition coefficient (Wildman–Crippen LogP) is 0.0642. The Bertz CT molecular complexity index is 551. The van der Waals surface area contributed by atoms with Gasteiger partial charge in [-0.3, -0.25) is 13.9 Å². The van der Waals surface area contributed by atoms with Crippen LogP contribution in [0.5, 0.6) is 0 Å². The minimum Gasteiger partial charge on any atom is -0.396 e. The fraction of sp³-hybridized carbons (Fsp3) is 0.583. The molecule has 18 heavy (non-hydrogen) atoms. The molecular formula is C12H17N3O3. The zero-order valence-corrected chi connectivity index (χ0v) is 10.4. The zero-order valence-electron chi connectivity index (χ0n) is 10.4. The first-order valence-electron chi connectivity index (χ1n) is 6.01. The number of unbranched alkanes of at least 4 members (excludes halogenated alkanes) is 2. The van der Waals surface area contributed by atoms with Gasteiger partial charge in [-0.05, 0) is 26.2 Å². The third kappa shape index (κ3) is 3.08. The first-order valence-corrected chi connectivity index (χ1v) is 6.01. The van der Waals surface area contributed by atoms with Crippen LogP contribution in [0.4, 0.5) is 0 Å². The van der Waals surface area contributed by atoms with Crippen molar-refractivity contribution in [1.29, 1.82) is 5.26 Å². The van der Waals surface area contributed by atoms with Gasteiger partial charge in [0.2, 0.25) is 0 Å². The molecule has 1 rings (SSSR count). The Labute approximate surface area is 105 Å². The number of aliphatic hydroxyl groups excluding tert-OH is 1. The summed E-state index contributed by atoms with van der Waals surface area (Å²) in [5.74, 6) is 0. The van der Waals surface area contributed by atoms with Gasteiger partial charge in [0, 0.05) is 25.9 Å². The van der Waals surface area contributed by atoms with Gasteiger partial charge in [0.1, 0.15) is 11.6 Å². The molecule has 0 aliphatic rings. The lowest BCUT2D eigenvalue weighted by molar-refractivity contribution is 0.281. The molecule has 6 heteroatoms. The molecule has 0 bridgehead atoms. The van der Waals surface area contributed by atoms with E-state index in [1.165, 1.54) is 10.8 Å². The average molecular weight is 251 g/mol. The summed E-state index contributed by atoms with van der Waals surface area (Å²) in [4.78, 5) is 23.8. The second-order valence-corrected chi connectivity index (χ2v) is 3.96. The molecule has 0 radical (unpaired) electrons. The molecule has 0 aromatic carbocycles. The lowest BCUT2D eigenvalue weighted by Gasteiger charge is -2.08. The maximum Gasteiger partial charge on any atom is 0.331 e. The second kappa shape index (κ2) is 6.77. The largest absolute Gasteiger partial charge is 0.396 e. The Morgan fingerprint density at radius 3 is 2.61 bits per heavy atom. The van der Waals surface area contributed by atoms with Crippen molar-refractivity contribution in [3.63, 3.8) is 0 Å². The summed E-state index contributed by atoms with van der Waals surface area (Å²) in [6, 6.07) is 1.81. The van der Waals surface area contributed by atoms with Gasteiger partial charge in [0.25, 0.3) is 5.56 Å². The van der Waals surface area contributed by atoms with Crippen molar-refractivity contribution in [2.24, 2.45) is 0 Å². The van der Waals surface area contributed by atoms with Gasteiger partial charge >= 0.3 is 5.69 Å². The average Bonchev–Trinajstić information content (AvgIpc) is 2.38. The SMILES string of the molecule is CCn1cc(C#N)c(=O)n(CCCCCO)c1=O. The van der Waals surface area contributed by atoms with E-state index in [-0.39, 0.29) is 24.4 Å². The molecule has 0 amide bonds. The summed E-state index contributed by atoms with van der Waals surface area (Å²) in [5.41, 5.74) is -0.930. The fourth-order valence-corrected chi connectivity index (χ4v) is 1.71. The molecule has 0 saturated carbocycles. The second-order valence-electron chi connectivity index (χ2n) is 3.96. The highest BCUT2D eigenvalue weighted by molar-refractivity contribution is 5.22. The van der Waals surface area contributed by atoms with Gasteiger partial charge in [0.15, 0.2) is 0 Å². The van der Waals surface area contributed by atoms with Crippen molar-refractivity contribution in [2.75, 3.05) is 6.61 Å². The number of nitriles is 1. The van der Waals surface area contributed by atoms with Crippen LogP contribution in [0.25, 0.3) is 0 Å². The summed E-state index contributed by atoms with van der Waals surface area (Å²) >= 11 is 0. The number of nitrogens with zero attached hydrogens (tertiary/aromatic N) is 3. The number of aliphatic hydroxyl groups is 1.